The summed E-state index contributed by atoms with van der Waals surface area (Å²) in [5.74, 6) is -0.737. The topological polar surface area (TPSA) is 83.6 Å². The Morgan fingerprint density at radius 2 is 1.95 bits per heavy atom. The van der Waals surface area contributed by atoms with Gasteiger partial charge in [0.25, 0.3) is 0 Å². The molecule has 0 radical (unpaired) electrons. The highest BCUT2D eigenvalue weighted by Gasteiger charge is 2.33. The summed E-state index contributed by atoms with van der Waals surface area (Å²) in [6, 6.07) is 5.48. The first-order chi connectivity index (χ1) is 8.69. The molecule has 0 saturated heterocycles. The van der Waals surface area contributed by atoms with Crippen LogP contribution < -0.4 is 5.73 Å². The fourth-order valence-electron chi connectivity index (χ4n) is 1.45. The number of alkyl halides is 3. The van der Waals surface area contributed by atoms with Gasteiger partial charge >= 0.3 is 12.3 Å². The fraction of sp³-hybridized carbons (Fsp3) is 0.273. The number of nitrogens with zero attached hydrogens (tertiary/aromatic N) is 1. The van der Waals surface area contributed by atoms with E-state index < -0.39 is 31.3 Å². The number of primary amides is 1. The molecule has 1 aromatic rings. The summed E-state index contributed by atoms with van der Waals surface area (Å²) >= 11 is 0. The Bertz CT molecular complexity index is 488. The van der Waals surface area contributed by atoms with Gasteiger partial charge in [-0.1, -0.05) is 12.1 Å². The highest BCUT2D eigenvalue weighted by atomic mass is 19.4. The van der Waals surface area contributed by atoms with Crippen molar-refractivity contribution in [2.45, 2.75) is 12.7 Å². The van der Waals surface area contributed by atoms with Gasteiger partial charge in [0.1, 0.15) is 6.54 Å². The molecule has 0 atom stereocenters. The van der Waals surface area contributed by atoms with Crippen LogP contribution in [0.25, 0.3) is 0 Å². The number of carbonyl (C=O) groups is 2. The average Bonchev–Trinajstić information content (AvgIpc) is 2.26. The number of nitrogens with two attached hydrogens (primary N) is 1. The standard InChI is InChI=1S/C11H11F3N2O3/c12-11(13,14)6-16(10(18)19)5-7-2-1-3-8(4-7)9(15)17/h1-4H,5-6H2,(H2,15,17)(H,18,19). The van der Waals surface area contributed by atoms with Gasteiger partial charge in [-0.3, -0.25) is 9.69 Å². The molecule has 8 heteroatoms. The molecular formula is C11H11F3N2O3. The molecule has 0 aliphatic heterocycles. The summed E-state index contributed by atoms with van der Waals surface area (Å²) in [4.78, 5) is 21.9. The summed E-state index contributed by atoms with van der Waals surface area (Å²) < 4.78 is 36.6. The van der Waals surface area contributed by atoms with E-state index in [-0.39, 0.29) is 16.0 Å². The monoisotopic (exact) mass is 276 g/mol. The Labute approximate surface area is 106 Å². The van der Waals surface area contributed by atoms with Crippen molar-refractivity contribution in [2.75, 3.05) is 6.54 Å². The van der Waals surface area contributed by atoms with Crippen LogP contribution >= 0.6 is 0 Å². The number of hydrogen-bond donors (Lipinski definition) is 2. The largest absolute Gasteiger partial charge is 0.465 e. The third-order valence-corrected chi connectivity index (χ3v) is 2.23. The van der Waals surface area contributed by atoms with Crippen LogP contribution in [0.3, 0.4) is 0 Å². The quantitative estimate of drug-likeness (QED) is 0.879. The smallest absolute Gasteiger partial charge is 0.407 e. The van der Waals surface area contributed by atoms with E-state index in [0.717, 1.165) is 0 Å². The minimum atomic E-state index is -4.63. The highest BCUT2D eigenvalue weighted by molar-refractivity contribution is 5.92. The van der Waals surface area contributed by atoms with Crippen molar-refractivity contribution >= 4 is 12.0 Å². The lowest BCUT2D eigenvalue weighted by atomic mass is 10.1. The first-order valence-electron chi connectivity index (χ1n) is 5.12. The second kappa shape index (κ2) is 5.59. The van der Waals surface area contributed by atoms with Crippen LogP contribution in [-0.2, 0) is 6.54 Å². The minimum Gasteiger partial charge on any atom is -0.465 e. The lowest BCUT2D eigenvalue weighted by Gasteiger charge is -2.20. The molecule has 0 fully saturated rings. The van der Waals surface area contributed by atoms with Gasteiger partial charge in [-0.2, -0.15) is 13.2 Å². The van der Waals surface area contributed by atoms with E-state index in [1.807, 2.05) is 0 Å². The molecule has 19 heavy (non-hydrogen) atoms. The molecule has 5 nitrogen and oxygen atoms in total. The van der Waals surface area contributed by atoms with Gasteiger partial charge in [0.2, 0.25) is 5.91 Å². The average molecular weight is 276 g/mol. The van der Waals surface area contributed by atoms with Crippen molar-refractivity contribution in [3.63, 3.8) is 0 Å². The molecule has 0 bridgehead atoms. The number of carbonyl (C=O) groups excluding carboxylic acids is 1. The molecule has 0 aliphatic carbocycles. The normalized spacial score (nSPS) is 11.1. The van der Waals surface area contributed by atoms with Crippen molar-refractivity contribution in [1.82, 2.24) is 4.90 Å². The Hall–Kier alpha value is -2.25. The Balaban J connectivity index is 2.88. The van der Waals surface area contributed by atoms with Crippen LogP contribution in [0.1, 0.15) is 15.9 Å². The van der Waals surface area contributed by atoms with E-state index in [1.165, 1.54) is 24.3 Å². The van der Waals surface area contributed by atoms with Crippen LogP contribution in [0.5, 0.6) is 0 Å². The van der Waals surface area contributed by atoms with Gasteiger partial charge in [-0.15, -0.1) is 0 Å². The molecule has 0 unspecified atom stereocenters. The zero-order valence-electron chi connectivity index (χ0n) is 9.65. The zero-order valence-corrected chi connectivity index (χ0v) is 9.65. The predicted molar refractivity (Wildman–Crippen MR) is 59.4 cm³/mol. The third-order valence-electron chi connectivity index (χ3n) is 2.23. The summed E-state index contributed by atoms with van der Waals surface area (Å²) in [6.07, 6.45) is -6.32. The van der Waals surface area contributed by atoms with Gasteiger partial charge in [0.05, 0.1) is 0 Å². The number of amides is 2. The van der Waals surface area contributed by atoms with E-state index in [2.05, 4.69) is 0 Å². The van der Waals surface area contributed by atoms with Gasteiger partial charge in [-0.25, -0.2) is 4.79 Å². The van der Waals surface area contributed by atoms with E-state index in [1.54, 1.807) is 0 Å². The van der Waals surface area contributed by atoms with E-state index in [0.29, 0.717) is 0 Å². The molecule has 0 heterocycles. The number of rotatable bonds is 4. The lowest BCUT2D eigenvalue weighted by Crippen LogP contribution is -2.37. The maximum atomic E-state index is 12.2. The van der Waals surface area contributed by atoms with Crippen molar-refractivity contribution in [1.29, 1.82) is 0 Å². The minimum absolute atomic E-state index is 0.106. The number of benzene rings is 1. The molecule has 3 N–H and O–H groups in total. The molecule has 0 aliphatic rings. The Kier molecular flexibility index (Phi) is 4.36. The summed E-state index contributed by atoms with van der Waals surface area (Å²) in [5.41, 5.74) is 5.39. The Morgan fingerprint density at radius 1 is 1.32 bits per heavy atom. The molecule has 0 aromatic heterocycles. The maximum Gasteiger partial charge on any atom is 0.407 e. The molecule has 0 saturated carbocycles. The first-order valence-corrected chi connectivity index (χ1v) is 5.12. The summed E-state index contributed by atoms with van der Waals surface area (Å²) in [6.45, 7) is -2.06. The molecular weight excluding hydrogens is 265 g/mol. The van der Waals surface area contributed by atoms with E-state index in [4.69, 9.17) is 10.8 Å². The summed E-state index contributed by atoms with van der Waals surface area (Å²) in [7, 11) is 0. The SMILES string of the molecule is NC(=O)c1cccc(CN(CC(F)(F)F)C(=O)O)c1. The second-order valence-electron chi connectivity index (χ2n) is 3.82. The van der Waals surface area contributed by atoms with Crippen LogP contribution in [0.4, 0.5) is 18.0 Å². The third kappa shape index (κ3) is 4.86. The summed E-state index contributed by atoms with van der Waals surface area (Å²) in [5, 5.41) is 8.71. The van der Waals surface area contributed by atoms with Gasteiger partial charge in [-0.05, 0) is 17.7 Å². The van der Waals surface area contributed by atoms with Gasteiger partial charge in [0, 0.05) is 12.1 Å². The van der Waals surface area contributed by atoms with Crippen LogP contribution in [0.15, 0.2) is 24.3 Å². The van der Waals surface area contributed by atoms with E-state index in [9.17, 15) is 22.8 Å². The van der Waals surface area contributed by atoms with Crippen molar-refractivity contribution in [3.05, 3.63) is 35.4 Å². The molecule has 1 rings (SSSR count). The van der Waals surface area contributed by atoms with Crippen molar-refractivity contribution < 1.29 is 27.9 Å². The lowest BCUT2D eigenvalue weighted by molar-refractivity contribution is -0.142. The van der Waals surface area contributed by atoms with Crippen molar-refractivity contribution in [3.8, 4) is 0 Å². The van der Waals surface area contributed by atoms with Gasteiger partial charge in [0.15, 0.2) is 0 Å². The van der Waals surface area contributed by atoms with E-state index >= 15 is 0 Å². The first kappa shape index (κ1) is 14.8. The maximum absolute atomic E-state index is 12.2. The molecule has 1 aromatic carbocycles. The predicted octanol–water partition coefficient (Wildman–Crippen LogP) is 1.83. The van der Waals surface area contributed by atoms with Crippen molar-refractivity contribution in [2.24, 2.45) is 5.73 Å². The number of halogens is 3. The number of carboxylic acid groups (broad SMARTS) is 1. The van der Waals surface area contributed by atoms with Crippen LogP contribution in [0, 0.1) is 0 Å². The van der Waals surface area contributed by atoms with Gasteiger partial charge < -0.3 is 10.8 Å². The molecule has 2 amide bonds. The molecule has 104 valence electrons. The zero-order chi connectivity index (χ0) is 14.6. The highest BCUT2D eigenvalue weighted by Crippen LogP contribution is 2.18. The van der Waals surface area contributed by atoms with Crippen LogP contribution in [-0.4, -0.2) is 34.7 Å². The second-order valence-corrected chi connectivity index (χ2v) is 3.82. The van der Waals surface area contributed by atoms with Crippen LogP contribution in [0.2, 0.25) is 0 Å². The molecule has 0 spiro atoms. The Morgan fingerprint density at radius 3 is 2.42 bits per heavy atom. The fourth-order valence-corrected chi connectivity index (χ4v) is 1.45. The number of hydrogen-bond acceptors (Lipinski definition) is 2.